The highest BCUT2D eigenvalue weighted by atomic mass is 32.1. The van der Waals surface area contributed by atoms with E-state index < -0.39 is 5.60 Å². The fourth-order valence-corrected chi connectivity index (χ4v) is 4.63. The number of amides is 1. The second-order valence-electron chi connectivity index (χ2n) is 7.04. The Morgan fingerprint density at radius 2 is 2.22 bits per heavy atom. The van der Waals surface area contributed by atoms with Crippen molar-refractivity contribution in [3.8, 4) is 5.75 Å². The second-order valence-corrected chi connectivity index (χ2v) is 8.02. The zero-order valence-electron chi connectivity index (χ0n) is 16.1. The van der Waals surface area contributed by atoms with Crippen LogP contribution in [0.25, 0.3) is 6.08 Å². The number of nitrogens with zero attached hydrogens (tertiary/aromatic N) is 2. The Morgan fingerprint density at radius 3 is 2.85 bits per heavy atom. The molecule has 1 atom stereocenters. The molecule has 3 heterocycles. The smallest absolute Gasteiger partial charge is 0.276 e. The lowest BCUT2D eigenvalue weighted by Gasteiger charge is -2.24. The molecule has 1 aromatic heterocycles. The van der Waals surface area contributed by atoms with Gasteiger partial charge in [-0.1, -0.05) is 6.07 Å². The first kappa shape index (κ1) is 17.9. The summed E-state index contributed by atoms with van der Waals surface area (Å²) in [7, 11) is 5.62. The third-order valence-electron chi connectivity index (χ3n) is 5.28. The van der Waals surface area contributed by atoms with Crippen molar-refractivity contribution in [2.75, 3.05) is 37.5 Å². The van der Waals surface area contributed by atoms with E-state index in [0.29, 0.717) is 18.7 Å². The van der Waals surface area contributed by atoms with E-state index in [2.05, 4.69) is 12.1 Å². The van der Waals surface area contributed by atoms with E-state index >= 15 is 0 Å². The first-order valence-corrected chi connectivity index (χ1v) is 10.0. The molecule has 142 valence electrons. The molecule has 27 heavy (non-hydrogen) atoms. The Kier molecular flexibility index (Phi) is 4.38. The highest BCUT2D eigenvalue weighted by Gasteiger charge is 2.57. The zero-order chi connectivity index (χ0) is 19.2. The zero-order valence-corrected chi connectivity index (χ0v) is 16.9. The van der Waals surface area contributed by atoms with Gasteiger partial charge in [0.2, 0.25) is 5.60 Å². The van der Waals surface area contributed by atoms with E-state index in [1.807, 2.05) is 54.4 Å². The van der Waals surface area contributed by atoms with Gasteiger partial charge in [-0.2, -0.15) is 0 Å². The van der Waals surface area contributed by atoms with Gasteiger partial charge in [0.15, 0.2) is 0 Å². The minimum absolute atomic E-state index is 0.00351. The predicted octanol–water partition coefficient (Wildman–Crippen LogP) is 4.24. The standard InChI is InChI=1S/C21H24N2O3S/c1-5-23-17-11-14(22(2)3)12-18(25-4)19(17)21(20(23)24)9-8-15(26-21)13-16-7-6-10-27-16/h6-7,10-13H,5,8-9H2,1-4H3/b15-13-. The van der Waals surface area contributed by atoms with E-state index in [4.69, 9.17) is 9.47 Å². The third-order valence-corrected chi connectivity index (χ3v) is 6.10. The van der Waals surface area contributed by atoms with Crippen LogP contribution in [0.3, 0.4) is 0 Å². The van der Waals surface area contributed by atoms with E-state index in [9.17, 15) is 4.79 Å². The fourth-order valence-electron chi connectivity index (χ4n) is 3.96. The molecular formula is C21H24N2O3S. The lowest BCUT2D eigenvalue weighted by Crippen LogP contribution is -2.39. The molecule has 1 aromatic carbocycles. The Morgan fingerprint density at radius 1 is 1.41 bits per heavy atom. The number of carbonyl (C=O) groups is 1. The molecule has 6 heteroatoms. The lowest BCUT2D eigenvalue weighted by atomic mass is 9.91. The van der Waals surface area contributed by atoms with E-state index in [-0.39, 0.29) is 5.91 Å². The van der Waals surface area contributed by atoms with Gasteiger partial charge in [-0.15, -0.1) is 11.3 Å². The topological polar surface area (TPSA) is 42.0 Å². The lowest BCUT2D eigenvalue weighted by molar-refractivity contribution is -0.135. The van der Waals surface area contributed by atoms with E-state index in [0.717, 1.165) is 34.0 Å². The molecular weight excluding hydrogens is 360 g/mol. The number of allylic oxidation sites excluding steroid dienone is 1. The molecule has 4 rings (SSSR count). The summed E-state index contributed by atoms with van der Waals surface area (Å²) in [5.74, 6) is 1.56. The summed E-state index contributed by atoms with van der Waals surface area (Å²) >= 11 is 1.66. The molecule has 2 aromatic rings. The minimum atomic E-state index is -0.982. The number of fused-ring (bicyclic) bond motifs is 2. The van der Waals surface area contributed by atoms with Crippen molar-refractivity contribution >= 4 is 34.7 Å². The summed E-state index contributed by atoms with van der Waals surface area (Å²) in [4.78, 5) is 18.4. The van der Waals surface area contributed by atoms with Gasteiger partial charge in [-0.3, -0.25) is 4.79 Å². The average molecular weight is 385 g/mol. The number of benzene rings is 1. The number of hydrogen-bond acceptors (Lipinski definition) is 5. The summed E-state index contributed by atoms with van der Waals surface area (Å²) < 4.78 is 12.1. The third kappa shape index (κ3) is 2.70. The van der Waals surface area contributed by atoms with Crippen LogP contribution in [-0.4, -0.2) is 33.7 Å². The number of likely N-dealkylation sites (N-methyl/N-ethyl adjacent to an activating group) is 1. The van der Waals surface area contributed by atoms with Crippen LogP contribution in [-0.2, 0) is 15.1 Å². The van der Waals surface area contributed by atoms with Crippen LogP contribution in [0.1, 0.15) is 30.2 Å². The van der Waals surface area contributed by atoms with Crippen LogP contribution in [0.15, 0.2) is 35.4 Å². The molecule has 2 aliphatic heterocycles. The van der Waals surface area contributed by atoms with Gasteiger partial charge >= 0.3 is 0 Å². The van der Waals surface area contributed by atoms with E-state index in [1.54, 1.807) is 18.4 Å². The maximum Gasteiger partial charge on any atom is 0.276 e. The van der Waals surface area contributed by atoms with Crippen LogP contribution in [0, 0.1) is 0 Å². The number of ether oxygens (including phenoxy) is 2. The van der Waals surface area contributed by atoms with Gasteiger partial charge in [0.25, 0.3) is 5.91 Å². The number of methoxy groups -OCH3 is 1. The Labute approximate surface area is 163 Å². The number of hydrogen-bond donors (Lipinski definition) is 0. The number of carbonyl (C=O) groups excluding carboxylic acids is 1. The average Bonchev–Trinajstić information content (AvgIpc) is 3.36. The van der Waals surface area contributed by atoms with Gasteiger partial charge in [0, 0.05) is 50.1 Å². The van der Waals surface area contributed by atoms with Crippen molar-refractivity contribution in [2.24, 2.45) is 0 Å². The van der Waals surface area contributed by atoms with Crippen LogP contribution >= 0.6 is 11.3 Å². The molecule has 1 saturated heterocycles. The molecule has 1 amide bonds. The first-order valence-electron chi connectivity index (χ1n) is 9.15. The largest absolute Gasteiger partial charge is 0.496 e. The van der Waals surface area contributed by atoms with Gasteiger partial charge in [0.1, 0.15) is 5.75 Å². The summed E-state index contributed by atoms with van der Waals surface area (Å²) in [6.07, 6.45) is 3.41. The maximum absolute atomic E-state index is 13.4. The molecule has 0 saturated carbocycles. The van der Waals surface area contributed by atoms with Crippen molar-refractivity contribution in [1.29, 1.82) is 0 Å². The Hall–Kier alpha value is -2.47. The van der Waals surface area contributed by atoms with Gasteiger partial charge in [-0.25, -0.2) is 0 Å². The molecule has 0 radical (unpaired) electrons. The molecule has 1 fully saturated rings. The van der Waals surface area contributed by atoms with Crippen molar-refractivity contribution in [3.05, 3.63) is 45.8 Å². The van der Waals surface area contributed by atoms with Crippen molar-refractivity contribution in [3.63, 3.8) is 0 Å². The highest BCUT2D eigenvalue weighted by molar-refractivity contribution is 7.10. The molecule has 1 unspecified atom stereocenters. The quantitative estimate of drug-likeness (QED) is 0.791. The predicted molar refractivity (Wildman–Crippen MR) is 110 cm³/mol. The Bertz CT molecular complexity index is 904. The van der Waals surface area contributed by atoms with Crippen molar-refractivity contribution in [2.45, 2.75) is 25.4 Å². The molecule has 1 spiro atoms. The van der Waals surface area contributed by atoms with Crippen molar-refractivity contribution in [1.82, 2.24) is 0 Å². The van der Waals surface area contributed by atoms with Crippen LogP contribution in [0.5, 0.6) is 5.75 Å². The number of anilines is 2. The number of rotatable bonds is 4. The summed E-state index contributed by atoms with van der Waals surface area (Å²) in [6, 6.07) is 8.11. The SMILES string of the molecule is CCN1C(=O)C2(CC/C(=C/c3cccs3)O2)c2c(OC)cc(N(C)C)cc21. The minimum Gasteiger partial charge on any atom is -0.496 e. The van der Waals surface area contributed by atoms with Crippen LogP contribution in [0.2, 0.25) is 0 Å². The second kappa shape index (κ2) is 6.60. The summed E-state index contributed by atoms with van der Waals surface area (Å²) in [5, 5.41) is 2.04. The molecule has 0 aliphatic carbocycles. The van der Waals surface area contributed by atoms with Crippen LogP contribution < -0.4 is 14.5 Å². The van der Waals surface area contributed by atoms with Crippen molar-refractivity contribution < 1.29 is 14.3 Å². The summed E-state index contributed by atoms with van der Waals surface area (Å²) in [6.45, 7) is 2.59. The normalized spacial score (nSPS) is 22.4. The highest BCUT2D eigenvalue weighted by Crippen LogP contribution is 2.55. The number of thiophene rings is 1. The summed E-state index contributed by atoms with van der Waals surface area (Å²) in [5.41, 5.74) is 1.77. The molecule has 0 N–H and O–H groups in total. The van der Waals surface area contributed by atoms with Gasteiger partial charge in [-0.05, 0) is 30.5 Å². The first-order chi connectivity index (χ1) is 13.0. The molecule has 2 aliphatic rings. The van der Waals surface area contributed by atoms with Gasteiger partial charge < -0.3 is 19.3 Å². The fraction of sp³-hybridized carbons (Fsp3) is 0.381. The van der Waals surface area contributed by atoms with Crippen LogP contribution in [0.4, 0.5) is 11.4 Å². The monoisotopic (exact) mass is 384 g/mol. The molecule has 5 nitrogen and oxygen atoms in total. The maximum atomic E-state index is 13.4. The van der Waals surface area contributed by atoms with E-state index in [1.165, 1.54) is 0 Å². The molecule has 0 bridgehead atoms. The van der Waals surface area contributed by atoms with Gasteiger partial charge in [0.05, 0.1) is 24.1 Å². The Balaban J connectivity index is 1.84.